The number of hydrogen-bond acceptors (Lipinski definition) is 4. The molecular formula is C12H9F3O5. The van der Waals surface area contributed by atoms with Crippen molar-refractivity contribution in [2.45, 2.75) is 18.9 Å². The first-order valence-electron chi connectivity index (χ1n) is 5.55. The van der Waals surface area contributed by atoms with E-state index in [2.05, 4.69) is 4.74 Å². The average Bonchev–Trinajstić information content (AvgIpc) is 2.70. The third-order valence-corrected chi connectivity index (χ3v) is 2.78. The molecule has 1 N–H and O–H groups in total. The zero-order chi connectivity index (χ0) is 14.9. The Morgan fingerprint density at radius 1 is 1.35 bits per heavy atom. The van der Waals surface area contributed by atoms with Gasteiger partial charge in [0.1, 0.15) is 17.8 Å². The summed E-state index contributed by atoms with van der Waals surface area (Å²) in [5.41, 5.74) is -0.122. The molecule has 1 fully saturated rings. The van der Waals surface area contributed by atoms with Gasteiger partial charge in [-0.05, 0) is 6.07 Å². The van der Waals surface area contributed by atoms with Crippen LogP contribution in [0.2, 0.25) is 0 Å². The molecule has 0 radical (unpaired) electrons. The average molecular weight is 290 g/mol. The molecule has 108 valence electrons. The maximum atomic E-state index is 12.3. The number of aliphatic carboxylic acids is 1. The number of ether oxygens (including phenoxy) is 2. The van der Waals surface area contributed by atoms with Crippen LogP contribution in [0, 0.1) is 5.92 Å². The van der Waals surface area contributed by atoms with Crippen LogP contribution in [0.4, 0.5) is 13.2 Å². The summed E-state index contributed by atoms with van der Waals surface area (Å²) >= 11 is 0. The van der Waals surface area contributed by atoms with Crippen LogP contribution in [-0.4, -0.2) is 23.4 Å². The summed E-state index contributed by atoms with van der Waals surface area (Å²) in [4.78, 5) is 22.2. The normalized spacial score (nSPS) is 22.4. The summed E-state index contributed by atoms with van der Waals surface area (Å²) in [5.74, 6) is -3.90. The van der Waals surface area contributed by atoms with E-state index in [-0.39, 0.29) is 12.0 Å². The summed E-state index contributed by atoms with van der Waals surface area (Å²) in [7, 11) is 0. The molecule has 0 amide bonds. The zero-order valence-corrected chi connectivity index (χ0v) is 9.89. The van der Waals surface area contributed by atoms with E-state index >= 15 is 0 Å². The van der Waals surface area contributed by atoms with Crippen molar-refractivity contribution in [3.05, 3.63) is 29.8 Å². The monoisotopic (exact) mass is 290 g/mol. The SMILES string of the molecule is O=C1CC(C(=O)O)C(c2ccccc2OC(F)(F)F)O1. The third kappa shape index (κ3) is 3.01. The Morgan fingerprint density at radius 2 is 2.00 bits per heavy atom. The van der Waals surface area contributed by atoms with Crippen LogP contribution in [-0.2, 0) is 14.3 Å². The molecule has 0 spiro atoms. The summed E-state index contributed by atoms with van der Waals surface area (Å²) < 4.78 is 45.5. The van der Waals surface area contributed by atoms with E-state index in [0.717, 1.165) is 6.07 Å². The maximum Gasteiger partial charge on any atom is 0.573 e. The van der Waals surface area contributed by atoms with Crippen LogP contribution >= 0.6 is 0 Å². The standard InChI is InChI=1S/C12H9F3O5/c13-12(14,15)20-8-4-2-1-3-6(8)10-7(11(17)18)5-9(16)19-10/h1-4,7,10H,5H2,(H,17,18). The molecule has 0 aliphatic carbocycles. The molecule has 2 atom stereocenters. The molecule has 8 heteroatoms. The fourth-order valence-electron chi connectivity index (χ4n) is 1.99. The van der Waals surface area contributed by atoms with E-state index in [1.807, 2.05) is 0 Å². The molecule has 0 aromatic heterocycles. The van der Waals surface area contributed by atoms with E-state index in [9.17, 15) is 22.8 Å². The van der Waals surface area contributed by atoms with E-state index in [1.54, 1.807) is 0 Å². The van der Waals surface area contributed by atoms with Gasteiger partial charge in [-0.3, -0.25) is 9.59 Å². The first kappa shape index (κ1) is 14.2. The van der Waals surface area contributed by atoms with Crippen LogP contribution in [0.3, 0.4) is 0 Å². The number of carboxylic acid groups (broad SMARTS) is 1. The lowest BCUT2D eigenvalue weighted by Gasteiger charge is -2.19. The number of carbonyl (C=O) groups is 2. The van der Waals surface area contributed by atoms with Crippen molar-refractivity contribution in [2.24, 2.45) is 5.92 Å². The van der Waals surface area contributed by atoms with Crippen LogP contribution in [0.5, 0.6) is 5.75 Å². The fraction of sp³-hybridized carbons (Fsp3) is 0.333. The second-order valence-corrected chi connectivity index (χ2v) is 4.14. The minimum Gasteiger partial charge on any atom is -0.481 e. The molecule has 1 aliphatic heterocycles. The summed E-state index contributed by atoms with van der Waals surface area (Å²) in [6, 6.07) is 4.98. The van der Waals surface area contributed by atoms with Gasteiger partial charge in [0.05, 0.1) is 6.42 Å². The molecule has 1 aromatic rings. The lowest BCUT2D eigenvalue weighted by molar-refractivity contribution is -0.275. The molecule has 1 heterocycles. The Balaban J connectivity index is 2.37. The van der Waals surface area contributed by atoms with Gasteiger partial charge in [0.15, 0.2) is 0 Å². The van der Waals surface area contributed by atoms with Crippen molar-refractivity contribution in [1.82, 2.24) is 0 Å². The number of benzene rings is 1. The van der Waals surface area contributed by atoms with Crippen molar-refractivity contribution >= 4 is 11.9 Å². The molecule has 20 heavy (non-hydrogen) atoms. The number of cyclic esters (lactones) is 1. The number of para-hydroxylation sites is 1. The van der Waals surface area contributed by atoms with Gasteiger partial charge in [-0.25, -0.2) is 0 Å². The van der Waals surface area contributed by atoms with Gasteiger partial charge >= 0.3 is 18.3 Å². The Kier molecular flexibility index (Phi) is 3.56. The van der Waals surface area contributed by atoms with E-state index in [1.165, 1.54) is 18.2 Å². The van der Waals surface area contributed by atoms with Crippen LogP contribution in [0.1, 0.15) is 18.1 Å². The summed E-state index contributed by atoms with van der Waals surface area (Å²) in [5, 5.41) is 8.99. The topological polar surface area (TPSA) is 72.8 Å². The van der Waals surface area contributed by atoms with Crippen molar-refractivity contribution in [2.75, 3.05) is 0 Å². The van der Waals surface area contributed by atoms with Gasteiger partial charge in [0.25, 0.3) is 0 Å². The van der Waals surface area contributed by atoms with Crippen LogP contribution < -0.4 is 4.74 Å². The van der Waals surface area contributed by atoms with E-state index in [4.69, 9.17) is 9.84 Å². The van der Waals surface area contributed by atoms with Crippen LogP contribution in [0.15, 0.2) is 24.3 Å². The van der Waals surface area contributed by atoms with Gasteiger partial charge in [0, 0.05) is 5.56 Å². The molecule has 2 unspecified atom stereocenters. The van der Waals surface area contributed by atoms with Crippen molar-refractivity contribution in [3.8, 4) is 5.75 Å². The molecule has 1 aromatic carbocycles. The van der Waals surface area contributed by atoms with Crippen LogP contribution in [0.25, 0.3) is 0 Å². The van der Waals surface area contributed by atoms with Gasteiger partial charge in [-0.15, -0.1) is 13.2 Å². The predicted octanol–water partition coefficient (Wildman–Crippen LogP) is 2.27. The first-order chi connectivity index (χ1) is 9.28. The molecule has 0 bridgehead atoms. The minimum atomic E-state index is -4.92. The third-order valence-electron chi connectivity index (χ3n) is 2.78. The molecule has 1 aliphatic rings. The lowest BCUT2D eigenvalue weighted by atomic mass is 9.95. The number of rotatable bonds is 3. The molecule has 0 saturated carbocycles. The highest BCUT2D eigenvalue weighted by Crippen LogP contribution is 2.40. The van der Waals surface area contributed by atoms with Gasteiger partial charge in [-0.2, -0.15) is 0 Å². The largest absolute Gasteiger partial charge is 0.573 e. The second-order valence-electron chi connectivity index (χ2n) is 4.14. The number of carbonyl (C=O) groups excluding carboxylic acids is 1. The highest BCUT2D eigenvalue weighted by Gasteiger charge is 2.43. The molecule has 2 rings (SSSR count). The van der Waals surface area contributed by atoms with Gasteiger partial charge in [0.2, 0.25) is 0 Å². The molecule has 1 saturated heterocycles. The number of alkyl halides is 3. The van der Waals surface area contributed by atoms with Gasteiger partial charge in [-0.1, -0.05) is 18.2 Å². The van der Waals surface area contributed by atoms with Crippen molar-refractivity contribution < 1.29 is 37.3 Å². The highest BCUT2D eigenvalue weighted by molar-refractivity contribution is 5.83. The van der Waals surface area contributed by atoms with E-state index < -0.39 is 36.1 Å². The second kappa shape index (κ2) is 5.03. The van der Waals surface area contributed by atoms with Crippen molar-refractivity contribution in [3.63, 3.8) is 0 Å². The number of halogens is 3. The number of esters is 1. The summed E-state index contributed by atoms with van der Waals surface area (Å²) in [6.45, 7) is 0. The smallest absolute Gasteiger partial charge is 0.481 e. The zero-order valence-electron chi connectivity index (χ0n) is 9.89. The number of hydrogen-bond donors (Lipinski definition) is 1. The quantitative estimate of drug-likeness (QED) is 0.864. The Hall–Kier alpha value is -2.25. The Morgan fingerprint density at radius 3 is 2.60 bits per heavy atom. The molecule has 5 nitrogen and oxygen atoms in total. The Bertz CT molecular complexity index is 540. The predicted molar refractivity (Wildman–Crippen MR) is 57.7 cm³/mol. The van der Waals surface area contributed by atoms with Crippen molar-refractivity contribution in [1.29, 1.82) is 0 Å². The highest BCUT2D eigenvalue weighted by atomic mass is 19.4. The summed E-state index contributed by atoms with van der Waals surface area (Å²) in [6.07, 6.45) is -6.60. The minimum absolute atomic E-state index is 0.122. The van der Waals surface area contributed by atoms with Gasteiger partial charge < -0.3 is 14.6 Å². The van der Waals surface area contributed by atoms with E-state index in [0.29, 0.717) is 0 Å². The fourth-order valence-corrected chi connectivity index (χ4v) is 1.99. The maximum absolute atomic E-state index is 12.3. The number of carboxylic acids is 1. The Labute approximate surface area is 110 Å². The molecular weight excluding hydrogens is 281 g/mol. The lowest BCUT2D eigenvalue weighted by Crippen LogP contribution is -2.21. The first-order valence-corrected chi connectivity index (χ1v) is 5.55.